The highest BCUT2D eigenvalue weighted by Gasteiger charge is 2.57. The van der Waals surface area contributed by atoms with Crippen molar-refractivity contribution in [3.63, 3.8) is 0 Å². The van der Waals surface area contributed by atoms with Crippen molar-refractivity contribution < 1.29 is 9.59 Å². The zero-order chi connectivity index (χ0) is 42.6. The Labute approximate surface area is 349 Å². The fourth-order valence-electron chi connectivity index (χ4n) is 9.30. The SMILES string of the molecule is CC1=CC(C)=NC1.C[C@H]1CN(C(=O)CC#N)[C@]12CCN(c1ncnc3[nH]ccc13)C2.C[C@H]1CN(C(=O)CC#N)[C@]12CCN(c1ncnc3[nH]ccc13)C2.Cc1cc(C)[nH]n1. The lowest BCUT2D eigenvalue weighted by molar-refractivity contribution is -0.153. The summed E-state index contributed by atoms with van der Waals surface area (Å²) in [7, 11) is 0. The molecule has 0 unspecified atom stereocenters. The minimum Gasteiger partial charge on any atom is -0.353 e. The number of hydrogen-bond acceptors (Lipinski definition) is 12. The smallest absolute Gasteiger partial charge is 0.237 e. The first-order valence-corrected chi connectivity index (χ1v) is 20.5. The minimum atomic E-state index is -0.151. The number of anilines is 2. The summed E-state index contributed by atoms with van der Waals surface area (Å²) in [5, 5.41) is 26.3. The van der Waals surface area contributed by atoms with Crippen molar-refractivity contribution in [3.8, 4) is 12.1 Å². The predicted molar refractivity (Wildman–Crippen MR) is 229 cm³/mol. The van der Waals surface area contributed by atoms with Gasteiger partial charge in [0.1, 0.15) is 48.4 Å². The molecule has 0 bridgehead atoms. The molecule has 0 aliphatic carbocycles. The van der Waals surface area contributed by atoms with Crippen LogP contribution in [0.1, 0.15) is 64.8 Å². The van der Waals surface area contributed by atoms with Gasteiger partial charge in [-0.15, -0.1) is 0 Å². The molecule has 10 heterocycles. The van der Waals surface area contributed by atoms with E-state index in [1.807, 2.05) is 73.3 Å². The number of rotatable bonds is 4. The van der Waals surface area contributed by atoms with E-state index in [2.05, 4.69) is 81.7 Å². The third-order valence-corrected chi connectivity index (χ3v) is 12.6. The average molecular weight is 812 g/mol. The number of nitrogens with one attached hydrogen (secondary N) is 3. The lowest BCUT2D eigenvalue weighted by Gasteiger charge is -2.55. The maximum absolute atomic E-state index is 12.2. The van der Waals surface area contributed by atoms with E-state index in [4.69, 9.17) is 10.5 Å². The number of nitriles is 2. The minimum absolute atomic E-state index is 0.0377. The zero-order valence-corrected chi connectivity index (χ0v) is 35.2. The highest BCUT2D eigenvalue weighted by Crippen LogP contribution is 2.46. The van der Waals surface area contributed by atoms with Gasteiger partial charge < -0.3 is 29.6 Å². The fourth-order valence-corrected chi connectivity index (χ4v) is 9.30. The Morgan fingerprint density at radius 1 is 0.783 bits per heavy atom. The molecular weight excluding hydrogens is 759 g/mol. The summed E-state index contributed by atoms with van der Waals surface area (Å²) in [4.78, 5) is 60.4. The van der Waals surface area contributed by atoms with Gasteiger partial charge in [-0.3, -0.25) is 19.7 Å². The van der Waals surface area contributed by atoms with E-state index in [0.717, 1.165) is 109 Å². The largest absolute Gasteiger partial charge is 0.353 e. The van der Waals surface area contributed by atoms with Gasteiger partial charge in [0, 0.05) is 63.1 Å². The molecule has 4 saturated heterocycles. The number of aromatic amines is 3. The number of aromatic nitrogens is 8. The molecule has 60 heavy (non-hydrogen) atoms. The van der Waals surface area contributed by atoms with Crippen LogP contribution in [0.5, 0.6) is 0 Å². The van der Waals surface area contributed by atoms with Crippen molar-refractivity contribution >= 4 is 51.2 Å². The highest BCUT2D eigenvalue weighted by atomic mass is 16.2. The van der Waals surface area contributed by atoms with Crippen LogP contribution in [0, 0.1) is 48.3 Å². The number of aliphatic imine (C=N–C) groups is 1. The number of H-pyrrole nitrogens is 3. The summed E-state index contributed by atoms with van der Waals surface area (Å²) in [5.41, 5.74) is 6.07. The third-order valence-electron chi connectivity index (χ3n) is 12.6. The number of fused-ring (bicyclic) bond motifs is 2. The molecule has 17 nitrogen and oxygen atoms in total. The number of nitrogens with zero attached hydrogens (tertiary/aromatic N) is 12. The molecule has 2 amide bonds. The van der Waals surface area contributed by atoms with E-state index in [1.165, 1.54) is 5.57 Å². The summed E-state index contributed by atoms with van der Waals surface area (Å²) in [6, 6.07) is 9.91. The molecule has 5 aliphatic heterocycles. The van der Waals surface area contributed by atoms with Crippen LogP contribution in [0.2, 0.25) is 0 Å². The number of allylic oxidation sites excluding steroid dienone is 1. The normalized spacial score (nSPS) is 23.7. The van der Waals surface area contributed by atoms with Gasteiger partial charge in [0.05, 0.1) is 46.2 Å². The first-order chi connectivity index (χ1) is 28.9. The van der Waals surface area contributed by atoms with Crippen LogP contribution in [-0.2, 0) is 9.59 Å². The topological polar surface area (TPSA) is 219 Å². The van der Waals surface area contributed by atoms with Gasteiger partial charge in [-0.2, -0.15) is 15.6 Å². The van der Waals surface area contributed by atoms with Gasteiger partial charge in [-0.05, 0) is 76.6 Å². The first kappa shape index (κ1) is 41.5. The van der Waals surface area contributed by atoms with Crippen LogP contribution >= 0.6 is 0 Å². The van der Waals surface area contributed by atoms with Crippen molar-refractivity contribution in [2.24, 2.45) is 16.8 Å². The molecule has 5 aromatic rings. The van der Waals surface area contributed by atoms with E-state index in [9.17, 15) is 9.59 Å². The molecular formula is C43H53N15O2. The molecule has 3 N–H and O–H groups in total. The molecule has 4 fully saturated rings. The summed E-state index contributed by atoms with van der Waals surface area (Å²) in [5.74, 6) is 2.61. The van der Waals surface area contributed by atoms with Crippen LogP contribution in [0.4, 0.5) is 11.6 Å². The molecule has 312 valence electrons. The van der Waals surface area contributed by atoms with Crippen LogP contribution in [0.25, 0.3) is 22.1 Å². The molecule has 4 atom stereocenters. The van der Waals surface area contributed by atoms with Crippen molar-refractivity contribution in [1.82, 2.24) is 49.9 Å². The lowest BCUT2D eigenvalue weighted by atomic mass is 9.74. The molecule has 5 aliphatic rings. The predicted octanol–water partition coefficient (Wildman–Crippen LogP) is 5.03. The van der Waals surface area contributed by atoms with Crippen LogP contribution < -0.4 is 9.80 Å². The van der Waals surface area contributed by atoms with E-state index >= 15 is 0 Å². The maximum Gasteiger partial charge on any atom is 0.237 e. The Morgan fingerprint density at radius 2 is 1.28 bits per heavy atom. The maximum atomic E-state index is 12.2. The highest BCUT2D eigenvalue weighted by molar-refractivity contribution is 5.95. The Bertz CT molecular complexity index is 2350. The monoisotopic (exact) mass is 811 g/mol. The number of hydrogen-bond donors (Lipinski definition) is 3. The van der Waals surface area contributed by atoms with Crippen LogP contribution in [0.3, 0.4) is 0 Å². The van der Waals surface area contributed by atoms with Crippen LogP contribution in [-0.4, -0.2) is 124 Å². The number of carbonyl (C=O) groups is 2. The molecule has 0 saturated carbocycles. The van der Waals surface area contributed by atoms with Crippen LogP contribution in [0.15, 0.2) is 59.9 Å². The standard InChI is InChI=1S/2C16H18N6O.C6H9N.C5H8N2/c2*1-11-8-22(13(23)2-5-17)16(11)4-7-21(9-16)15-12-3-6-18-14(12)19-10-20-15;1-5-3-6(2)7-4-5;1-4-3-5(2)7-6-4/h2*3,6,10-11H,2,4,7-9H2,1H3,(H,18,19,20);3H,4H2,1-2H3;3H,1-2H3,(H,6,7)/t2*11-,16-;;/m00../s1. The fraction of sp³-hybridized carbons (Fsp3) is 0.488. The third kappa shape index (κ3) is 8.04. The van der Waals surface area contributed by atoms with Crippen molar-refractivity contribution in [2.75, 3.05) is 55.6 Å². The molecule has 0 aromatic carbocycles. The second-order valence-electron chi connectivity index (χ2n) is 16.5. The Balaban J connectivity index is 0.000000138. The van der Waals surface area contributed by atoms with Crippen molar-refractivity contribution in [1.29, 1.82) is 10.5 Å². The number of carbonyl (C=O) groups excluding carboxylic acids is 2. The summed E-state index contributed by atoms with van der Waals surface area (Å²) >= 11 is 0. The van der Waals surface area contributed by atoms with E-state index in [0.29, 0.717) is 11.8 Å². The average Bonchev–Trinajstić information content (AvgIpc) is 4.09. The second kappa shape index (κ2) is 17.3. The van der Waals surface area contributed by atoms with Crippen molar-refractivity contribution in [3.05, 3.63) is 66.3 Å². The molecule has 0 radical (unpaired) electrons. The van der Waals surface area contributed by atoms with Gasteiger partial charge in [-0.25, -0.2) is 19.9 Å². The molecule has 5 aromatic heterocycles. The van der Waals surface area contributed by atoms with E-state index in [1.54, 1.807) is 12.7 Å². The van der Waals surface area contributed by atoms with Gasteiger partial charge in [0.25, 0.3) is 0 Å². The molecule has 2 spiro atoms. The van der Waals surface area contributed by atoms with E-state index in [-0.39, 0.29) is 35.7 Å². The lowest BCUT2D eigenvalue weighted by Crippen LogP contribution is -2.69. The Morgan fingerprint density at radius 3 is 1.62 bits per heavy atom. The number of amides is 2. The molecule has 10 rings (SSSR count). The summed E-state index contributed by atoms with van der Waals surface area (Å²) in [6.07, 6.45) is 10.7. The first-order valence-electron chi connectivity index (χ1n) is 20.5. The summed E-state index contributed by atoms with van der Waals surface area (Å²) in [6.45, 7) is 18.1. The Kier molecular flexibility index (Phi) is 12.0. The van der Waals surface area contributed by atoms with Crippen molar-refractivity contribution in [2.45, 2.75) is 78.3 Å². The van der Waals surface area contributed by atoms with Gasteiger partial charge in [-0.1, -0.05) is 19.4 Å². The van der Waals surface area contributed by atoms with Gasteiger partial charge in [0.15, 0.2) is 0 Å². The number of aryl methyl sites for hydroxylation is 2. The quantitative estimate of drug-likeness (QED) is 0.219. The van der Waals surface area contributed by atoms with Gasteiger partial charge >= 0.3 is 0 Å². The molecule has 17 heteroatoms. The second-order valence-corrected chi connectivity index (χ2v) is 16.5. The zero-order valence-electron chi connectivity index (χ0n) is 35.2. The summed E-state index contributed by atoms with van der Waals surface area (Å²) < 4.78 is 0. The number of likely N-dealkylation sites (tertiary alicyclic amines) is 2. The Hall–Kier alpha value is -6.62. The van der Waals surface area contributed by atoms with Gasteiger partial charge in [0.2, 0.25) is 11.8 Å². The van der Waals surface area contributed by atoms with E-state index < -0.39 is 0 Å².